The van der Waals surface area contributed by atoms with Crippen LogP contribution in [0.1, 0.15) is 20.7 Å². The summed E-state index contributed by atoms with van der Waals surface area (Å²) in [5.74, 6) is -0.420. The Morgan fingerprint density at radius 2 is 1.50 bits per heavy atom. The number of thiocarbonyl (C=S) groups is 1. The summed E-state index contributed by atoms with van der Waals surface area (Å²) >= 11 is 4.92. The number of hydrazine groups is 1. The van der Waals surface area contributed by atoms with Crippen molar-refractivity contribution in [3.8, 4) is 5.75 Å². The molecule has 2 aromatic rings. The molecular formula is C16H14N4O5S. The molecule has 0 aliphatic carbocycles. The number of hydrogen-bond donors (Lipinski definition) is 3. The Balaban J connectivity index is 1.86. The molecule has 0 radical (unpaired) electrons. The van der Waals surface area contributed by atoms with Crippen molar-refractivity contribution in [2.24, 2.45) is 0 Å². The number of methoxy groups -OCH3 is 1. The summed E-state index contributed by atoms with van der Waals surface area (Å²) in [4.78, 5) is 34.0. The highest BCUT2D eigenvalue weighted by Gasteiger charge is 2.11. The summed E-state index contributed by atoms with van der Waals surface area (Å²) in [6.07, 6.45) is 0. The highest BCUT2D eigenvalue weighted by atomic mass is 32.1. The van der Waals surface area contributed by atoms with Gasteiger partial charge >= 0.3 is 0 Å². The summed E-state index contributed by atoms with van der Waals surface area (Å²) in [6.45, 7) is 0. The van der Waals surface area contributed by atoms with Crippen molar-refractivity contribution < 1.29 is 19.2 Å². The van der Waals surface area contributed by atoms with E-state index in [2.05, 4.69) is 16.2 Å². The van der Waals surface area contributed by atoms with E-state index in [1.807, 2.05) is 0 Å². The molecular weight excluding hydrogens is 360 g/mol. The number of benzene rings is 2. The van der Waals surface area contributed by atoms with E-state index in [-0.39, 0.29) is 16.4 Å². The lowest BCUT2D eigenvalue weighted by molar-refractivity contribution is -0.384. The zero-order valence-electron chi connectivity index (χ0n) is 13.5. The SMILES string of the molecule is COc1ccc(C(=O)NNC(=S)NC(=O)c2ccc([N+](=O)[O-])cc2)cc1. The maximum atomic E-state index is 12.0. The average Bonchev–Trinajstić information content (AvgIpc) is 2.66. The molecule has 0 bridgehead atoms. The van der Waals surface area contributed by atoms with E-state index in [0.717, 1.165) is 0 Å². The Labute approximate surface area is 153 Å². The number of non-ortho nitro benzene ring substituents is 1. The molecule has 2 rings (SSSR count). The standard InChI is InChI=1S/C16H14N4O5S/c1-25-13-8-4-11(5-9-13)15(22)18-19-16(26)17-14(21)10-2-6-12(7-3-10)20(23)24/h2-9H,1H3,(H,18,22)(H2,17,19,21,26). The van der Waals surface area contributed by atoms with Crippen LogP contribution >= 0.6 is 12.2 Å². The molecule has 0 aliphatic heterocycles. The Morgan fingerprint density at radius 3 is 2.04 bits per heavy atom. The number of nitrogens with zero attached hydrogens (tertiary/aromatic N) is 1. The van der Waals surface area contributed by atoms with E-state index in [9.17, 15) is 19.7 Å². The highest BCUT2D eigenvalue weighted by Crippen LogP contribution is 2.12. The van der Waals surface area contributed by atoms with Crippen LogP contribution in [0.5, 0.6) is 5.75 Å². The van der Waals surface area contributed by atoms with E-state index < -0.39 is 16.7 Å². The van der Waals surface area contributed by atoms with Crippen LogP contribution in [0.4, 0.5) is 5.69 Å². The number of ether oxygens (including phenoxy) is 1. The summed E-state index contributed by atoms with van der Waals surface area (Å²) in [5, 5.41) is 12.8. The molecule has 2 aromatic carbocycles. The quantitative estimate of drug-likeness (QED) is 0.421. The largest absolute Gasteiger partial charge is 0.497 e. The first kappa shape index (κ1) is 18.8. The van der Waals surface area contributed by atoms with Crippen molar-refractivity contribution in [2.75, 3.05) is 7.11 Å². The third-order valence-electron chi connectivity index (χ3n) is 3.21. The van der Waals surface area contributed by atoms with Gasteiger partial charge in [-0.25, -0.2) is 0 Å². The molecule has 0 aromatic heterocycles. The zero-order chi connectivity index (χ0) is 19.1. The molecule has 134 valence electrons. The van der Waals surface area contributed by atoms with Gasteiger partial charge in [0.15, 0.2) is 5.11 Å². The molecule has 0 aliphatic rings. The molecule has 0 heterocycles. The number of hydrogen-bond acceptors (Lipinski definition) is 6. The minimum absolute atomic E-state index is 0.129. The summed E-state index contributed by atoms with van der Waals surface area (Å²) in [6, 6.07) is 11.4. The van der Waals surface area contributed by atoms with Gasteiger partial charge in [-0.2, -0.15) is 0 Å². The number of carbonyl (C=O) groups excluding carboxylic acids is 2. The second-order valence-corrected chi connectivity index (χ2v) is 5.30. The minimum atomic E-state index is -0.573. The van der Waals surface area contributed by atoms with Crippen molar-refractivity contribution in [3.05, 3.63) is 69.8 Å². The molecule has 0 fully saturated rings. The Morgan fingerprint density at radius 1 is 0.962 bits per heavy atom. The molecule has 26 heavy (non-hydrogen) atoms. The van der Waals surface area contributed by atoms with Crippen LogP contribution < -0.4 is 20.9 Å². The van der Waals surface area contributed by atoms with Crippen LogP contribution in [0.25, 0.3) is 0 Å². The number of nitrogens with one attached hydrogen (secondary N) is 3. The summed E-state index contributed by atoms with van der Waals surface area (Å²) < 4.78 is 5.00. The van der Waals surface area contributed by atoms with Gasteiger partial charge in [0.2, 0.25) is 0 Å². The first-order chi connectivity index (χ1) is 12.4. The fraction of sp³-hybridized carbons (Fsp3) is 0.0625. The van der Waals surface area contributed by atoms with E-state index in [1.54, 1.807) is 24.3 Å². The fourth-order valence-corrected chi connectivity index (χ4v) is 2.01. The van der Waals surface area contributed by atoms with Crippen molar-refractivity contribution >= 4 is 34.8 Å². The van der Waals surface area contributed by atoms with Crippen molar-refractivity contribution in [3.63, 3.8) is 0 Å². The summed E-state index contributed by atoms with van der Waals surface area (Å²) in [7, 11) is 1.52. The maximum Gasteiger partial charge on any atom is 0.269 e. The van der Waals surface area contributed by atoms with Gasteiger partial charge in [0.1, 0.15) is 5.75 Å². The van der Waals surface area contributed by atoms with E-state index in [0.29, 0.717) is 11.3 Å². The minimum Gasteiger partial charge on any atom is -0.497 e. The van der Waals surface area contributed by atoms with Gasteiger partial charge in [-0.15, -0.1) is 0 Å². The second-order valence-electron chi connectivity index (χ2n) is 4.89. The Bertz CT molecular complexity index is 837. The lowest BCUT2D eigenvalue weighted by atomic mass is 10.2. The Kier molecular flexibility index (Phi) is 6.17. The molecule has 10 heteroatoms. The van der Waals surface area contributed by atoms with E-state index in [4.69, 9.17) is 17.0 Å². The van der Waals surface area contributed by atoms with Crippen LogP contribution in [0, 0.1) is 10.1 Å². The smallest absolute Gasteiger partial charge is 0.269 e. The van der Waals surface area contributed by atoms with Crippen LogP contribution in [0.15, 0.2) is 48.5 Å². The van der Waals surface area contributed by atoms with Crippen molar-refractivity contribution in [1.29, 1.82) is 0 Å². The topological polar surface area (TPSA) is 123 Å². The summed E-state index contributed by atoms with van der Waals surface area (Å²) in [5.41, 5.74) is 5.16. The first-order valence-corrected chi connectivity index (χ1v) is 7.61. The van der Waals surface area contributed by atoms with Gasteiger partial charge in [0.25, 0.3) is 17.5 Å². The molecule has 0 unspecified atom stereocenters. The zero-order valence-corrected chi connectivity index (χ0v) is 14.3. The van der Waals surface area contributed by atoms with Gasteiger partial charge in [-0.1, -0.05) is 0 Å². The van der Waals surface area contributed by atoms with Gasteiger partial charge in [-0.3, -0.25) is 35.9 Å². The van der Waals surface area contributed by atoms with Gasteiger partial charge in [0, 0.05) is 23.3 Å². The predicted octanol–water partition coefficient (Wildman–Crippen LogP) is 1.55. The molecule has 9 nitrogen and oxygen atoms in total. The first-order valence-electron chi connectivity index (χ1n) is 7.21. The molecule has 0 atom stereocenters. The third kappa shape index (κ3) is 4.98. The fourth-order valence-electron chi connectivity index (χ4n) is 1.87. The monoisotopic (exact) mass is 374 g/mol. The van der Waals surface area contributed by atoms with Crippen LogP contribution in [0.3, 0.4) is 0 Å². The van der Waals surface area contributed by atoms with Gasteiger partial charge < -0.3 is 4.74 Å². The average molecular weight is 374 g/mol. The van der Waals surface area contributed by atoms with Crippen LogP contribution in [-0.2, 0) is 0 Å². The molecule has 0 saturated carbocycles. The maximum absolute atomic E-state index is 12.0. The van der Waals surface area contributed by atoms with Crippen LogP contribution in [-0.4, -0.2) is 29.0 Å². The normalized spacial score (nSPS) is 9.73. The van der Waals surface area contributed by atoms with Crippen LogP contribution in [0.2, 0.25) is 0 Å². The number of nitro groups is 1. The Hall–Kier alpha value is -3.53. The lowest BCUT2D eigenvalue weighted by Crippen LogP contribution is -2.48. The van der Waals surface area contributed by atoms with Crippen molar-refractivity contribution in [1.82, 2.24) is 16.2 Å². The molecule has 2 amide bonds. The number of rotatable bonds is 4. The third-order valence-corrected chi connectivity index (χ3v) is 3.41. The predicted molar refractivity (Wildman–Crippen MR) is 96.8 cm³/mol. The van der Waals surface area contributed by atoms with Crippen molar-refractivity contribution in [2.45, 2.75) is 0 Å². The molecule has 0 saturated heterocycles. The van der Waals surface area contributed by atoms with Gasteiger partial charge in [0.05, 0.1) is 12.0 Å². The highest BCUT2D eigenvalue weighted by molar-refractivity contribution is 7.80. The second kappa shape index (κ2) is 8.53. The number of amides is 2. The number of nitro benzene ring substituents is 1. The van der Waals surface area contributed by atoms with E-state index in [1.165, 1.54) is 31.4 Å². The molecule has 0 spiro atoms. The lowest BCUT2D eigenvalue weighted by Gasteiger charge is -2.11. The van der Waals surface area contributed by atoms with E-state index >= 15 is 0 Å². The number of carbonyl (C=O) groups is 2. The molecule has 3 N–H and O–H groups in total. The van der Waals surface area contributed by atoms with Gasteiger partial charge in [-0.05, 0) is 48.6 Å².